The number of hydrogen-bond donors (Lipinski definition) is 1. The molecule has 0 bridgehead atoms. The molecule has 1 saturated carbocycles. The second kappa shape index (κ2) is 7.58. The lowest BCUT2D eigenvalue weighted by Crippen LogP contribution is -2.42. The number of rotatable bonds is 7. The Balaban J connectivity index is 1.93. The molecule has 1 aliphatic rings. The average molecular weight is 375 g/mol. The van der Waals surface area contributed by atoms with Gasteiger partial charge in [-0.25, -0.2) is 4.39 Å². The number of benzene rings is 1. The Labute approximate surface area is 158 Å². The minimum atomic E-state index is -0.477. The van der Waals surface area contributed by atoms with Crippen molar-refractivity contribution in [3.63, 3.8) is 0 Å². The van der Waals surface area contributed by atoms with E-state index in [0.717, 1.165) is 19.3 Å². The molecule has 0 unspecified atom stereocenters. The van der Waals surface area contributed by atoms with Gasteiger partial charge in [-0.3, -0.25) is 4.79 Å². The van der Waals surface area contributed by atoms with Gasteiger partial charge in [0.1, 0.15) is 5.56 Å². The van der Waals surface area contributed by atoms with Gasteiger partial charge in [0.05, 0.1) is 7.11 Å². The Morgan fingerprint density at radius 2 is 2.15 bits per heavy atom. The molecule has 0 aliphatic heterocycles. The SMILES string of the molecule is CCC1(CNC(=O)c2c(N(C)C)noc2-c2ccc(F)c(OC)c2)CCC1. The summed E-state index contributed by atoms with van der Waals surface area (Å²) in [5, 5.41) is 7.10. The van der Waals surface area contributed by atoms with Crippen molar-refractivity contribution >= 4 is 11.7 Å². The molecule has 1 N–H and O–H groups in total. The molecule has 0 saturated heterocycles. The molecule has 27 heavy (non-hydrogen) atoms. The molecular formula is C20H26FN3O3. The Morgan fingerprint density at radius 3 is 2.70 bits per heavy atom. The summed E-state index contributed by atoms with van der Waals surface area (Å²) in [4.78, 5) is 14.7. The van der Waals surface area contributed by atoms with E-state index in [9.17, 15) is 9.18 Å². The largest absolute Gasteiger partial charge is 0.494 e. The summed E-state index contributed by atoms with van der Waals surface area (Å²) in [6, 6.07) is 4.34. The van der Waals surface area contributed by atoms with Gasteiger partial charge in [0.2, 0.25) is 0 Å². The molecule has 1 aromatic heterocycles. The van der Waals surface area contributed by atoms with Crippen LogP contribution < -0.4 is 15.0 Å². The molecule has 6 nitrogen and oxygen atoms in total. The highest BCUT2D eigenvalue weighted by atomic mass is 19.1. The Morgan fingerprint density at radius 1 is 1.41 bits per heavy atom. The van der Waals surface area contributed by atoms with E-state index >= 15 is 0 Å². The minimum Gasteiger partial charge on any atom is -0.494 e. The van der Waals surface area contributed by atoms with Crippen LogP contribution in [0.25, 0.3) is 11.3 Å². The second-order valence-corrected chi connectivity index (χ2v) is 7.34. The van der Waals surface area contributed by atoms with E-state index in [1.807, 2.05) is 0 Å². The predicted molar refractivity (Wildman–Crippen MR) is 102 cm³/mol. The van der Waals surface area contributed by atoms with Gasteiger partial charge in [0.25, 0.3) is 5.91 Å². The normalized spacial score (nSPS) is 15.1. The molecular weight excluding hydrogens is 349 g/mol. The smallest absolute Gasteiger partial charge is 0.259 e. The topological polar surface area (TPSA) is 67.6 Å². The molecule has 1 aliphatic carbocycles. The van der Waals surface area contributed by atoms with E-state index in [0.29, 0.717) is 29.2 Å². The molecule has 1 aromatic carbocycles. The van der Waals surface area contributed by atoms with Crippen LogP contribution in [-0.2, 0) is 0 Å². The van der Waals surface area contributed by atoms with Crippen molar-refractivity contribution in [2.24, 2.45) is 5.41 Å². The van der Waals surface area contributed by atoms with Gasteiger partial charge in [0.15, 0.2) is 23.1 Å². The molecule has 1 heterocycles. The van der Waals surface area contributed by atoms with Crippen molar-refractivity contribution in [1.82, 2.24) is 10.5 Å². The molecule has 3 rings (SSSR count). The van der Waals surface area contributed by atoms with E-state index < -0.39 is 5.82 Å². The molecule has 7 heteroatoms. The zero-order valence-electron chi connectivity index (χ0n) is 16.3. The molecule has 0 radical (unpaired) electrons. The van der Waals surface area contributed by atoms with Crippen LogP contribution in [0.2, 0.25) is 0 Å². The molecule has 1 fully saturated rings. The first-order chi connectivity index (χ1) is 12.9. The van der Waals surface area contributed by atoms with Crippen LogP contribution in [0.15, 0.2) is 22.7 Å². The first kappa shape index (κ1) is 19.2. The molecule has 146 valence electrons. The number of hydrogen-bond acceptors (Lipinski definition) is 5. The first-order valence-corrected chi connectivity index (χ1v) is 9.20. The molecule has 0 atom stereocenters. The molecule has 0 spiro atoms. The third kappa shape index (κ3) is 3.63. The quantitative estimate of drug-likeness (QED) is 0.796. The van der Waals surface area contributed by atoms with Gasteiger partial charge in [-0.05, 0) is 42.9 Å². The minimum absolute atomic E-state index is 0.0843. The fourth-order valence-electron chi connectivity index (χ4n) is 3.48. The van der Waals surface area contributed by atoms with Crippen molar-refractivity contribution in [3.8, 4) is 17.1 Å². The van der Waals surface area contributed by atoms with Crippen molar-refractivity contribution in [2.75, 3.05) is 32.6 Å². The van der Waals surface area contributed by atoms with Crippen LogP contribution in [-0.4, -0.2) is 38.8 Å². The number of nitrogens with zero attached hydrogens (tertiary/aromatic N) is 2. The lowest BCUT2D eigenvalue weighted by molar-refractivity contribution is 0.0850. The summed E-state index contributed by atoms with van der Waals surface area (Å²) in [6.07, 6.45) is 4.52. The van der Waals surface area contributed by atoms with Crippen LogP contribution in [0.3, 0.4) is 0 Å². The van der Waals surface area contributed by atoms with Gasteiger partial charge in [-0.15, -0.1) is 0 Å². The van der Waals surface area contributed by atoms with Gasteiger partial charge in [0, 0.05) is 26.2 Å². The zero-order chi connectivity index (χ0) is 19.6. The second-order valence-electron chi connectivity index (χ2n) is 7.34. The maximum Gasteiger partial charge on any atom is 0.259 e. The Kier molecular flexibility index (Phi) is 5.39. The number of ether oxygens (including phenoxy) is 1. The maximum absolute atomic E-state index is 13.8. The summed E-state index contributed by atoms with van der Waals surface area (Å²) >= 11 is 0. The van der Waals surface area contributed by atoms with Crippen molar-refractivity contribution in [1.29, 1.82) is 0 Å². The summed E-state index contributed by atoms with van der Waals surface area (Å²) in [7, 11) is 4.98. The third-order valence-corrected chi connectivity index (χ3v) is 5.53. The standard InChI is InChI=1S/C20H26FN3O3/c1-5-20(9-6-10-20)12-22-19(25)16-17(27-23-18(16)24(2)3)13-7-8-14(21)15(11-13)26-4/h7-8,11H,5-6,9-10,12H2,1-4H3,(H,22,25). The average Bonchev–Trinajstić information content (AvgIpc) is 3.07. The molecule has 2 aromatic rings. The fourth-order valence-corrected chi connectivity index (χ4v) is 3.48. The van der Waals surface area contributed by atoms with Crippen LogP contribution in [0, 0.1) is 11.2 Å². The molecule has 1 amide bonds. The highest BCUT2D eigenvalue weighted by molar-refractivity contribution is 6.04. The number of carbonyl (C=O) groups excluding carboxylic acids is 1. The number of aromatic nitrogens is 1. The Bertz CT molecular complexity index is 822. The highest BCUT2D eigenvalue weighted by Crippen LogP contribution is 2.43. The van der Waals surface area contributed by atoms with Crippen LogP contribution in [0.1, 0.15) is 43.0 Å². The van der Waals surface area contributed by atoms with Crippen LogP contribution >= 0.6 is 0 Å². The van der Waals surface area contributed by atoms with Crippen LogP contribution in [0.5, 0.6) is 5.75 Å². The van der Waals surface area contributed by atoms with Gasteiger partial charge in [-0.1, -0.05) is 18.5 Å². The van der Waals surface area contributed by atoms with Crippen LogP contribution in [0.4, 0.5) is 10.2 Å². The fraction of sp³-hybridized carbons (Fsp3) is 0.500. The Hall–Kier alpha value is -2.57. The van der Waals surface area contributed by atoms with E-state index in [1.165, 1.54) is 25.7 Å². The summed E-state index contributed by atoms with van der Waals surface area (Å²) in [6.45, 7) is 2.79. The number of carbonyl (C=O) groups is 1. The van der Waals surface area contributed by atoms with Crippen molar-refractivity contribution < 1.29 is 18.4 Å². The predicted octanol–water partition coefficient (Wildman–Crippen LogP) is 3.87. The lowest BCUT2D eigenvalue weighted by atomic mass is 9.67. The van der Waals surface area contributed by atoms with E-state index in [1.54, 1.807) is 25.1 Å². The van der Waals surface area contributed by atoms with Gasteiger partial charge >= 0.3 is 0 Å². The number of methoxy groups -OCH3 is 1. The van der Waals surface area contributed by atoms with Gasteiger partial charge in [-0.2, -0.15) is 0 Å². The third-order valence-electron chi connectivity index (χ3n) is 5.53. The van der Waals surface area contributed by atoms with Crippen molar-refractivity contribution in [2.45, 2.75) is 32.6 Å². The van der Waals surface area contributed by atoms with E-state index in [4.69, 9.17) is 9.26 Å². The maximum atomic E-state index is 13.8. The lowest BCUT2D eigenvalue weighted by Gasteiger charge is -2.41. The number of amides is 1. The first-order valence-electron chi connectivity index (χ1n) is 9.20. The monoisotopic (exact) mass is 375 g/mol. The highest BCUT2D eigenvalue weighted by Gasteiger charge is 2.36. The zero-order valence-corrected chi connectivity index (χ0v) is 16.3. The number of halogens is 1. The number of anilines is 1. The summed E-state index contributed by atoms with van der Waals surface area (Å²) < 4.78 is 24.3. The number of nitrogens with one attached hydrogen (secondary N) is 1. The van der Waals surface area contributed by atoms with Crippen molar-refractivity contribution in [3.05, 3.63) is 29.6 Å². The van der Waals surface area contributed by atoms with E-state index in [-0.39, 0.29) is 17.1 Å². The van der Waals surface area contributed by atoms with E-state index in [2.05, 4.69) is 17.4 Å². The summed E-state index contributed by atoms with van der Waals surface area (Å²) in [5.74, 6) is 0.104. The van der Waals surface area contributed by atoms with Gasteiger partial charge < -0.3 is 19.5 Å². The summed E-state index contributed by atoms with van der Waals surface area (Å²) in [5.41, 5.74) is 1.08.